The Kier molecular flexibility index (Phi) is 5.89. The van der Waals surface area contributed by atoms with Gasteiger partial charge in [0.25, 0.3) is 5.91 Å². The number of hydrogen-bond donors (Lipinski definition) is 2. The molecule has 158 valence electrons. The highest BCUT2D eigenvalue weighted by atomic mass is 32.2. The van der Waals surface area contributed by atoms with Crippen molar-refractivity contribution >= 4 is 27.3 Å². The van der Waals surface area contributed by atoms with Gasteiger partial charge >= 0.3 is 0 Å². The molecule has 1 amide bonds. The minimum Gasteiger partial charge on any atom is -0.495 e. The van der Waals surface area contributed by atoms with Crippen LogP contribution in [0.5, 0.6) is 5.75 Å². The lowest BCUT2D eigenvalue weighted by molar-refractivity contribution is 0.102. The molecule has 0 aliphatic heterocycles. The first kappa shape index (κ1) is 21.4. The number of anilines is 2. The van der Waals surface area contributed by atoms with Crippen LogP contribution in [0, 0.1) is 20.8 Å². The van der Waals surface area contributed by atoms with E-state index in [4.69, 9.17) is 4.74 Å². The summed E-state index contributed by atoms with van der Waals surface area (Å²) in [6.45, 7) is 5.89. The smallest absolute Gasteiger partial charge is 0.257 e. The fraction of sp³-hybridized carbons (Fsp3) is 0.227. The third-order valence-electron chi connectivity index (χ3n) is 4.78. The van der Waals surface area contributed by atoms with Crippen molar-refractivity contribution in [3.8, 4) is 11.4 Å². The Morgan fingerprint density at radius 1 is 1.03 bits per heavy atom. The highest BCUT2D eigenvalue weighted by Gasteiger charge is 2.18. The van der Waals surface area contributed by atoms with Crippen molar-refractivity contribution in [1.82, 2.24) is 4.57 Å². The summed E-state index contributed by atoms with van der Waals surface area (Å²) in [5.41, 5.74) is 5.15. The predicted octanol–water partition coefficient (Wildman–Crippen LogP) is 4.03. The summed E-state index contributed by atoms with van der Waals surface area (Å²) in [6.07, 6.45) is 1.05. The van der Waals surface area contributed by atoms with Gasteiger partial charge in [-0.1, -0.05) is 18.2 Å². The van der Waals surface area contributed by atoms with Gasteiger partial charge in [0, 0.05) is 22.8 Å². The van der Waals surface area contributed by atoms with Crippen molar-refractivity contribution in [1.29, 1.82) is 0 Å². The first-order valence-electron chi connectivity index (χ1n) is 9.33. The van der Waals surface area contributed by atoms with E-state index in [2.05, 4.69) is 14.6 Å². The number of carbonyl (C=O) groups excluding carboxylic acids is 1. The standard InChI is InChI=1S/C22H25N3O4S/c1-14-8-6-7-9-20(14)25-15(2)12-18(16(25)3)22(26)23-17-10-11-21(29-4)19(13-17)24-30(5,27)28/h6-13,24H,1-5H3,(H,23,26). The van der Waals surface area contributed by atoms with E-state index in [0.717, 1.165) is 28.9 Å². The molecule has 0 fully saturated rings. The number of methoxy groups -OCH3 is 1. The number of nitrogens with one attached hydrogen (secondary N) is 2. The Labute approximate surface area is 176 Å². The summed E-state index contributed by atoms with van der Waals surface area (Å²) in [5.74, 6) is 0.0783. The van der Waals surface area contributed by atoms with Crippen LogP contribution in [0.1, 0.15) is 27.3 Å². The number of rotatable bonds is 6. The van der Waals surface area contributed by atoms with Crippen LogP contribution >= 0.6 is 0 Å². The summed E-state index contributed by atoms with van der Waals surface area (Å²) in [6, 6.07) is 14.6. The number of carbonyl (C=O) groups is 1. The van der Waals surface area contributed by atoms with Gasteiger partial charge in [0.1, 0.15) is 5.75 Å². The van der Waals surface area contributed by atoms with Crippen LogP contribution in [0.15, 0.2) is 48.5 Å². The van der Waals surface area contributed by atoms with E-state index < -0.39 is 10.0 Å². The van der Waals surface area contributed by atoms with Crippen LogP contribution in [-0.2, 0) is 10.0 Å². The third kappa shape index (κ3) is 4.49. The van der Waals surface area contributed by atoms with Crippen LogP contribution in [0.3, 0.4) is 0 Å². The van der Waals surface area contributed by atoms with E-state index in [1.54, 1.807) is 12.1 Å². The summed E-state index contributed by atoms with van der Waals surface area (Å²) in [7, 11) is -2.05. The normalized spacial score (nSPS) is 11.2. The number of aromatic nitrogens is 1. The fourth-order valence-corrected chi connectivity index (χ4v) is 4.00. The maximum Gasteiger partial charge on any atom is 0.257 e. The van der Waals surface area contributed by atoms with Gasteiger partial charge < -0.3 is 14.6 Å². The van der Waals surface area contributed by atoms with Crippen LogP contribution in [0.2, 0.25) is 0 Å². The first-order valence-corrected chi connectivity index (χ1v) is 11.2. The molecule has 2 N–H and O–H groups in total. The number of para-hydroxylation sites is 1. The van der Waals surface area contributed by atoms with Gasteiger partial charge in [-0.2, -0.15) is 0 Å². The number of hydrogen-bond acceptors (Lipinski definition) is 4. The number of amides is 1. The van der Waals surface area contributed by atoms with Gasteiger partial charge in [0.2, 0.25) is 10.0 Å². The molecule has 2 aromatic carbocycles. The zero-order valence-corrected chi connectivity index (χ0v) is 18.4. The summed E-state index contributed by atoms with van der Waals surface area (Å²) < 4.78 is 32.9. The molecule has 7 nitrogen and oxygen atoms in total. The van der Waals surface area contributed by atoms with E-state index in [1.807, 2.05) is 51.1 Å². The maximum atomic E-state index is 13.0. The van der Waals surface area contributed by atoms with Gasteiger partial charge in [-0.25, -0.2) is 8.42 Å². The average Bonchev–Trinajstić information content (AvgIpc) is 2.95. The maximum absolute atomic E-state index is 13.0. The van der Waals surface area contributed by atoms with Gasteiger partial charge in [-0.15, -0.1) is 0 Å². The molecule has 0 aliphatic rings. The minimum absolute atomic E-state index is 0.253. The van der Waals surface area contributed by atoms with Crippen molar-refractivity contribution < 1.29 is 17.9 Å². The molecule has 0 saturated heterocycles. The second-order valence-corrected chi connectivity index (χ2v) is 8.90. The number of sulfonamides is 1. The van der Waals surface area contributed by atoms with Gasteiger partial charge in [0.15, 0.2) is 0 Å². The quantitative estimate of drug-likeness (QED) is 0.621. The third-order valence-corrected chi connectivity index (χ3v) is 5.38. The molecular formula is C22H25N3O4S. The molecule has 3 rings (SSSR count). The Bertz CT molecular complexity index is 1210. The summed E-state index contributed by atoms with van der Waals surface area (Å²) in [5, 5.41) is 2.84. The first-order chi connectivity index (χ1) is 14.1. The van der Waals surface area contributed by atoms with Crippen LogP contribution in [0.25, 0.3) is 5.69 Å². The highest BCUT2D eigenvalue weighted by Crippen LogP contribution is 2.29. The SMILES string of the molecule is COc1ccc(NC(=O)c2cc(C)n(-c3ccccc3C)c2C)cc1NS(C)(=O)=O. The van der Waals surface area contributed by atoms with E-state index in [0.29, 0.717) is 17.0 Å². The number of ether oxygens (including phenoxy) is 1. The van der Waals surface area contributed by atoms with E-state index >= 15 is 0 Å². The average molecular weight is 428 g/mol. The van der Waals surface area contributed by atoms with Crippen molar-refractivity contribution in [2.24, 2.45) is 0 Å². The predicted molar refractivity (Wildman–Crippen MR) is 119 cm³/mol. The Balaban J connectivity index is 1.93. The number of aryl methyl sites for hydroxylation is 2. The zero-order valence-electron chi connectivity index (χ0n) is 17.6. The monoisotopic (exact) mass is 427 g/mol. The number of nitrogens with zero attached hydrogens (tertiary/aromatic N) is 1. The highest BCUT2D eigenvalue weighted by molar-refractivity contribution is 7.92. The van der Waals surface area contributed by atoms with Crippen LogP contribution in [0.4, 0.5) is 11.4 Å². The molecule has 1 heterocycles. The Hall–Kier alpha value is -3.26. The molecular weight excluding hydrogens is 402 g/mol. The van der Waals surface area contributed by atoms with Crippen molar-refractivity contribution in [3.63, 3.8) is 0 Å². The van der Waals surface area contributed by atoms with Crippen LogP contribution < -0.4 is 14.8 Å². The van der Waals surface area contributed by atoms with E-state index in [9.17, 15) is 13.2 Å². The van der Waals surface area contributed by atoms with Crippen molar-refractivity contribution in [2.45, 2.75) is 20.8 Å². The molecule has 0 radical (unpaired) electrons. The minimum atomic E-state index is -3.50. The Morgan fingerprint density at radius 2 is 1.73 bits per heavy atom. The molecule has 0 unspecified atom stereocenters. The zero-order chi connectivity index (χ0) is 22.1. The van der Waals surface area contributed by atoms with E-state index in [1.165, 1.54) is 13.2 Å². The number of benzene rings is 2. The molecule has 0 atom stereocenters. The molecule has 0 spiro atoms. The topological polar surface area (TPSA) is 89.4 Å². The summed E-state index contributed by atoms with van der Waals surface area (Å²) >= 11 is 0. The molecule has 0 bridgehead atoms. The lowest BCUT2D eigenvalue weighted by Crippen LogP contribution is -2.14. The van der Waals surface area contributed by atoms with Gasteiger partial charge in [-0.05, 0) is 56.7 Å². The van der Waals surface area contributed by atoms with Crippen molar-refractivity contribution in [3.05, 3.63) is 71.0 Å². The molecule has 8 heteroatoms. The van der Waals surface area contributed by atoms with Crippen molar-refractivity contribution in [2.75, 3.05) is 23.4 Å². The van der Waals surface area contributed by atoms with Crippen LogP contribution in [-0.4, -0.2) is 32.3 Å². The van der Waals surface area contributed by atoms with Gasteiger partial charge in [0.05, 0.1) is 24.6 Å². The van der Waals surface area contributed by atoms with Gasteiger partial charge in [-0.3, -0.25) is 9.52 Å². The lowest BCUT2D eigenvalue weighted by Gasteiger charge is -2.14. The Morgan fingerprint density at radius 3 is 2.37 bits per heavy atom. The largest absolute Gasteiger partial charge is 0.495 e. The molecule has 3 aromatic rings. The second kappa shape index (κ2) is 8.23. The lowest BCUT2D eigenvalue weighted by atomic mass is 10.2. The fourth-order valence-electron chi connectivity index (χ4n) is 3.44. The second-order valence-electron chi connectivity index (χ2n) is 7.15. The molecule has 0 aliphatic carbocycles. The summed E-state index contributed by atoms with van der Waals surface area (Å²) in [4.78, 5) is 13.0. The molecule has 1 aromatic heterocycles. The van der Waals surface area contributed by atoms with E-state index in [-0.39, 0.29) is 11.6 Å². The molecule has 30 heavy (non-hydrogen) atoms. The molecule has 0 saturated carbocycles.